The molecule has 7 nitrogen and oxygen atoms in total. The van der Waals surface area contributed by atoms with E-state index in [0.29, 0.717) is 23.8 Å². The molecule has 0 radical (unpaired) electrons. The lowest BCUT2D eigenvalue weighted by molar-refractivity contribution is 0.0919. The van der Waals surface area contributed by atoms with E-state index < -0.39 is 0 Å². The smallest absolute Gasteiger partial charge is 0.287 e. The minimum Gasteiger partial charge on any atom is -0.497 e. The van der Waals surface area contributed by atoms with E-state index in [1.165, 1.54) is 0 Å². The molecule has 3 rings (SSSR count). The van der Waals surface area contributed by atoms with Crippen LogP contribution in [0.4, 0.5) is 0 Å². The average Bonchev–Trinajstić information content (AvgIpc) is 3.24. The fourth-order valence-corrected chi connectivity index (χ4v) is 2.75. The number of furan rings is 1. The van der Waals surface area contributed by atoms with Crippen LogP contribution in [-0.2, 0) is 20.2 Å². The highest BCUT2D eigenvalue weighted by atomic mass is 16.5. The van der Waals surface area contributed by atoms with Gasteiger partial charge in [-0.2, -0.15) is 5.10 Å². The summed E-state index contributed by atoms with van der Waals surface area (Å²) in [5, 5.41) is 7.22. The summed E-state index contributed by atoms with van der Waals surface area (Å²) in [5.41, 5.74) is 2.95. The molecule has 0 spiro atoms. The van der Waals surface area contributed by atoms with E-state index in [4.69, 9.17) is 13.9 Å². The zero-order valence-corrected chi connectivity index (χ0v) is 15.9. The Morgan fingerprint density at radius 2 is 2.00 bits per heavy atom. The molecular formula is C20H23N3O4. The number of benzene rings is 1. The molecule has 1 amide bonds. The van der Waals surface area contributed by atoms with Crippen LogP contribution in [0.25, 0.3) is 0 Å². The molecule has 0 unspecified atom stereocenters. The number of aryl methyl sites for hydroxylation is 2. The molecule has 0 atom stereocenters. The van der Waals surface area contributed by atoms with Gasteiger partial charge in [-0.3, -0.25) is 9.48 Å². The predicted molar refractivity (Wildman–Crippen MR) is 99.9 cm³/mol. The summed E-state index contributed by atoms with van der Waals surface area (Å²) >= 11 is 0. The van der Waals surface area contributed by atoms with Crippen LogP contribution in [0.1, 0.15) is 33.3 Å². The second-order valence-corrected chi connectivity index (χ2v) is 6.19. The van der Waals surface area contributed by atoms with Gasteiger partial charge < -0.3 is 19.2 Å². The second-order valence-electron chi connectivity index (χ2n) is 6.19. The Kier molecular flexibility index (Phi) is 5.49. The van der Waals surface area contributed by atoms with E-state index >= 15 is 0 Å². The average molecular weight is 369 g/mol. The Morgan fingerprint density at radius 1 is 1.22 bits per heavy atom. The number of ether oxygens (including phenoxy) is 2. The molecule has 0 aliphatic carbocycles. The van der Waals surface area contributed by atoms with E-state index in [1.54, 1.807) is 30.0 Å². The van der Waals surface area contributed by atoms with Gasteiger partial charge in [0.05, 0.1) is 12.8 Å². The van der Waals surface area contributed by atoms with Gasteiger partial charge >= 0.3 is 0 Å². The Hall–Kier alpha value is -3.22. The lowest BCUT2D eigenvalue weighted by atomic mass is 10.2. The molecule has 7 heteroatoms. The van der Waals surface area contributed by atoms with Crippen molar-refractivity contribution >= 4 is 5.91 Å². The maximum atomic E-state index is 12.3. The number of aromatic nitrogens is 2. The molecule has 2 heterocycles. The van der Waals surface area contributed by atoms with Crippen molar-refractivity contribution < 1.29 is 18.7 Å². The highest BCUT2D eigenvalue weighted by Crippen LogP contribution is 2.20. The Labute approximate surface area is 157 Å². The molecule has 0 saturated heterocycles. The number of nitrogens with zero attached hydrogens (tertiary/aromatic N) is 2. The molecule has 1 N–H and O–H groups in total. The van der Waals surface area contributed by atoms with Crippen LogP contribution >= 0.6 is 0 Å². The van der Waals surface area contributed by atoms with E-state index in [9.17, 15) is 4.79 Å². The van der Waals surface area contributed by atoms with Crippen LogP contribution in [0, 0.1) is 13.8 Å². The monoisotopic (exact) mass is 369 g/mol. The number of carbonyl (C=O) groups excluding carboxylic acids is 1. The van der Waals surface area contributed by atoms with Crippen molar-refractivity contribution in [1.82, 2.24) is 15.1 Å². The zero-order valence-electron chi connectivity index (χ0n) is 15.9. The summed E-state index contributed by atoms with van der Waals surface area (Å²) in [6, 6.07) is 10.7. The van der Waals surface area contributed by atoms with Gasteiger partial charge in [-0.15, -0.1) is 0 Å². The first kappa shape index (κ1) is 18.6. The molecule has 27 heavy (non-hydrogen) atoms. The summed E-state index contributed by atoms with van der Waals surface area (Å²) in [6.45, 7) is 4.53. The SMILES string of the molecule is COc1cccc(OCc2ccc(C(=O)NCc3c(C)nn(C)c3C)o2)c1. The van der Waals surface area contributed by atoms with E-state index in [-0.39, 0.29) is 18.3 Å². The van der Waals surface area contributed by atoms with Gasteiger partial charge in [0.1, 0.15) is 23.9 Å². The third-order valence-electron chi connectivity index (χ3n) is 4.39. The predicted octanol–water partition coefficient (Wildman–Crippen LogP) is 3.15. The number of carbonyl (C=O) groups is 1. The van der Waals surface area contributed by atoms with Gasteiger partial charge in [-0.25, -0.2) is 0 Å². The van der Waals surface area contributed by atoms with Crippen molar-refractivity contribution in [1.29, 1.82) is 0 Å². The molecule has 0 fully saturated rings. The van der Waals surface area contributed by atoms with Crippen molar-refractivity contribution in [3.63, 3.8) is 0 Å². The number of amides is 1. The fraction of sp³-hybridized carbons (Fsp3) is 0.300. The van der Waals surface area contributed by atoms with Crippen molar-refractivity contribution in [2.75, 3.05) is 7.11 Å². The van der Waals surface area contributed by atoms with Crippen molar-refractivity contribution in [3.8, 4) is 11.5 Å². The largest absolute Gasteiger partial charge is 0.497 e. The Balaban J connectivity index is 1.57. The number of methoxy groups -OCH3 is 1. The molecule has 1 aromatic carbocycles. The number of hydrogen-bond acceptors (Lipinski definition) is 5. The fourth-order valence-electron chi connectivity index (χ4n) is 2.75. The Bertz CT molecular complexity index is 943. The van der Waals surface area contributed by atoms with Crippen LogP contribution in [0.15, 0.2) is 40.8 Å². The van der Waals surface area contributed by atoms with Crippen molar-refractivity contribution in [2.45, 2.75) is 27.0 Å². The first-order chi connectivity index (χ1) is 13.0. The topological polar surface area (TPSA) is 78.5 Å². The molecule has 2 aromatic heterocycles. The maximum absolute atomic E-state index is 12.3. The highest BCUT2D eigenvalue weighted by molar-refractivity contribution is 5.91. The standard InChI is InChI=1S/C20H23N3O4/c1-13-18(14(2)23(3)22-13)11-21-20(24)19-9-8-17(27-19)12-26-16-7-5-6-15(10-16)25-4/h5-10H,11-12H2,1-4H3,(H,21,24). The minimum atomic E-state index is -0.273. The van der Waals surface area contributed by atoms with Gasteiger partial charge in [0, 0.05) is 30.9 Å². The molecule has 142 valence electrons. The van der Waals surface area contributed by atoms with Gasteiger partial charge in [0.15, 0.2) is 5.76 Å². The molecule has 0 aliphatic heterocycles. The van der Waals surface area contributed by atoms with E-state index in [0.717, 1.165) is 17.0 Å². The Morgan fingerprint density at radius 3 is 2.70 bits per heavy atom. The molecule has 0 aliphatic rings. The minimum absolute atomic E-state index is 0.223. The number of rotatable bonds is 7. The second kappa shape index (κ2) is 7.99. The molecule has 0 bridgehead atoms. The van der Waals surface area contributed by atoms with Crippen molar-refractivity contribution in [2.24, 2.45) is 7.05 Å². The lowest BCUT2D eigenvalue weighted by Gasteiger charge is -2.06. The third kappa shape index (κ3) is 4.31. The normalized spacial score (nSPS) is 10.7. The first-order valence-corrected chi connectivity index (χ1v) is 8.60. The van der Waals surface area contributed by atoms with Gasteiger partial charge in [0.25, 0.3) is 5.91 Å². The van der Waals surface area contributed by atoms with Gasteiger partial charge in [-0.1, -0.05) is 6.07 Å². The molecule has 0 saturated carbocycles. The summed E-state index contributed by atoms with van der Waals surface area (Å²) in [4.78, 5) is 12.3. The summed E-state index contributed by atoms with van der Waals surface area (Å²) in [7, 11) is 3.49. The molecule has 3 aromatic rings. The van der Waals surface area contributed by atoms with E-state index in [2.05, 4.69) is 10.4 Å². The summed E-state index contributed by atoms with van der Waals surface area (Å²) in [6.07, 6.45) is 0. The van der Waals surface area contributed by atoms with Crippen LogP contribution < -0.4 is 14.8 Å². The first-order valence-electron chi connectivity index (χ1n) is 8.60. The van der Waals surface area contributed by atoms with Crippen LogP contribution in [0.2, 0.25) is 0 Å². The number of nitrogens with one attached hydrogen (secondary N) is 1. The third-order valence-corrected chi connectivity index (χ3v) is 4.39. The van der Waals surface area contributed by atoms with Crippen molar-refractivity contribution in [3.05, 3.63) is 64.9 Å². The van der Waals surface area contributed by atoms with Crippen LogP contribution in [0.3, 0.4) is 0 Å². The number of hydrogen-bond donors (Lipinski definition) is 1. The maximum Gasteiger partial charge on any atom is 0.287 e. The zero-order chi connectivity index (χ0) is 19.4. The van der Waals surface area contributed by atoms with Crippen LogP contribution in [-0.4, -0.2) is 22.8 Å². The highest BCUT2D eigenvalue weighted by Gasteiger charge is 2.14. The molecular weight excluding hydrogens is 346 g/mol. The lowest BCUT2D eigenvalue weighted by Crippen LogP contribution is -2.23. The van der Waals surface area contributed by atoms with Crippen LogP contribution in [0.5, 0.6) is 11.5 Å². The van der Waals surface area contributed by atoms with Gasteiger partial charge in [0.2, 0.25) is 0 Å². The summed E-state index contributed by atoms with van der Waals surface area (Å²) < 4.78 is 18.2. The summed E-state index contributed by atoms with van der Waals surface area (Å²) in [5.74, 6) is 1.92. The quantitative estimate of drug-likeness (QED) is 0.692. The van der Waals surface area contributed by atoms with Gasteiger partial charge in [-0.05, 0) is 38.1 Å². The van der Waals surface area contributed by atoms with E-state index in [1.807, 2.05) is 39.1 Å².